The number of anilines is 1. The van der Waals surface area contributed by atoms with Crippen LogP contribution in [0.2, 0.25) is 0 Å². The number of rotatable bonds is 3. The van der Waals surface area contributed by atoms with E-state index in [1.165, 1.54) is 5.56 Å². The number of para-hydroxylation sites is 1. The summed E-state index contributed by atoms with van der Waals surface area (Å²) in [5.74, 6) is -0.0705. The van der Waals surface area contributed by atoms with Crippen molar-refractivity contribution >= 4 is 11.6 Å². The summed E-state index contributed by atoms with van der Waals surface area (Å²) in [6.45, 7) is 6.10. The maximum Gasteiger partial charge on any atom is 0.255 e. The Hall–Kier alpha value is -2.09. The monoisotopic (exact) mass is 255 g/mol. The molecule has 2 aromatic rings. The Morgan fingerprint density at radius 1 is 0.947 bits per heavy atom. The van der Waals surface area contributed by atoms with Crippen molar-refractivity contribution in [1.29, 1.82) is 0 Å². The van der Waals surface area contributed by atoms with Gasteiger partial charge in [-0.3, -0.25) is 4.79 Å². The molecule has 2 nitrogen and oxygen atoms in total. The first kappa shape index (κ1) is 15.0. The number of aryl methyl sites for hydroxylation is 1. The summed E-state index contributed by atoms with van der Waals surface area (Å²) in [4.78, 5) is 11.9. The highest BCUT2D eigenvalue weighted by atomic mass is 16.1. The highest BCUT2D eigenvalue weighted by molar-refractivity contribution is 6.04. The van der Waals surface area contributed by atoms with Gasteiger partial charge in [-0.2, -0.15) is 0 Å². The molecule has 2 heteroatoms. The number of benzene rings is 2. The van der Waals surface area contributed by atoms with E-state index in [9.17, 15) is 4.79 Å². The van der Waals surface area contributed by atoms with Gasteiger partial charge in [0.05, 0.1) is 0 Å². The van der Waals surface area contributed by atoms with E-state index >= 15 is 0 Å². The molecule has 1 amide bonds. The van der Waals surface area contributed by atoms with Gasteiger partial charge in [0.25, 0.3) is 5.91 Å². The third-order valence-corrected chi connectivity index (χ3v) is 2.66. The van der Waals surface area contributed by atoms with Crippen molar-refractivity contribution in [2.45, 2.75) is 27.2 Å². The van der Waals surface area contributed by atoms with E-state index in [-0.39, 0.29) is 5.91 Å². The average molecular weight is 255 g/mol. The smallest absolute Gasteiger partial charge is 0.255 e. The van der Waals surface area contributed by atoms with E-state index in [1.807, 2.05) is 68.4 Å². The van der Waals surface area contributed by atoms with Crippen molar-refractivity contribution < 1.29 is 4.79 Å². The number of amides is 1. The quantitative estimate of drug-likeness (QED) is 0.858. The lowest BCUT2D eigenvalue weighted by atomic mass is 10.1. The van der Waals surface area contributed by atoms with Crippen LogP contribution in [0.4, 0.5) is 5.69 Å². The fourth-order valence-electron chi connectivity index (χ4n) is 1.62. The lowest BCUT2D eigenvalue weighted by Gasteiger charge is -2.05. The number of carbonyl (C=O) groups is 1. The Kier molecular flexibility index (Phi) is 6.37. The predicted molar refractivity (Wildman–Crippen MR) is 81.6 cm³/mol. The van der Waals surface area contributed by atoms with Crippen molar-refractivity contribution in [2.24, 2.45) is 0 Å². The molecule has 1 N–H and O–H groups in total. The normalized spacial score (nSPS) is 9.21. The predicted octanol–water partition coefficient (Wildman–Crippen LogP) is 4.53. The summed E-state index contributed by atoms with van der Waals surface area (Å²) < 4.78 is 0. The van der Waals surface area contributed by atoms with E-state index < -0.39 is 0 Å². The van der Waals surface area contributed by atoms with Gasteiger partial charge >= 0.3 is 0 Å². The lowest BCUT2D eigenvalue weighted by molar-refractivity contribution is 0.102. The third-order valence-electron chi connectivity index (χ3n) is 2.66. The number of nitrogens with one attached hydrogen (secondary N) is 1. The Balaban J connectivity index is 0.000000861. The van der Waals surface area contributed by atoms with Crippen LogP contribution in [0.5, 0.6) is 0 Å². The van der Waals surface area contributed by atoms with Crippen LogP contribution in [-0.4, -0.2) is 5.91 Å². The Labute approximate surface area is 115 Å². The Bertz CT molecular complexity index is 488. The first-order valence-electron chi connectivity index (χ1n) is 6.75. The van der Waals surface area contributed by atoms with E-state index in [0.29, 0.717) is 5.56 Å². The molecule has 0 heterocycles. The molecular weight excluding hydrogens is 234 g/mol. The SMILES string of the molecule is CC.CCc1ccc(C(=O)Nc2ccccc2)cc1. The summed E-state index contributed by atoms with van der Waals surface area (Å²) in [6, 6.07) is 17.2. The van der Waals surface area contributed by atoms with E-state index in [1.54, 1.807) is 0 Å². The molecule has 0 aliphatic rings. The van der Waals surface area contributed by atoms with Gasteiger partial charge in [-0.25, -0.2) is 0 Å². The topological polar surface area (TPSA) is 29.1 Å². The van der Waals surface area contributed by atoms with E-state index in [0.717, 1.165) is 12.1 Å². The van der Waals surface area contributed by atoms with Crippen LogP contribution in [0.3, 0.4) is 0 Å². The fourth-order valence-corrected chi connectivity index (χ4v) is 1.62. The van der Waals surface area contributed by atoms with Crippen molar-refractivity contribution in [1.82, 2.24) is 0 Å². The van der Waals surface area contributed by atoms with Crippen LogP contribution >= 0.6 is 0 Å². The lowest BCUT2D eigenvalue weighted by Crippen LogP contribution is -2.11. The molecule has 0 atom stereocenters. The third kappa shape index (κ3) is 4.59. The Morgan fingerprint density at radius 2 is 1.53 bits per heavy atom. The molecule has 0 aromatic heterocycles. The zero-order valence-electron chi connectivity index (χ0n) is 11.8. The molecule has 0 saturated carbocycles. The molecule has 0 saturated heterocycles. The molecule has 2 aromatic carbocycles. The van der Waals surface area contributed by atoms with Crippen molar-refractivity contribution in [3.8, 4) is 0 Å². The highest BCUT2D eigenvalue weighted by Crippen LogP contribution is 2.10. The van der Waals surface area contributed by atoms with Crippen LogP contribution < -0.4 is 5.32 Å². The maximum absolute atomic E-state index is 11.9. The minimum atomic E-state index is -0.0705. The van der Waals surface area contributed by atoms with Gasteiger partial charge in [0.1, 0.15) is 0 Å². The number of carbonyl (C=O) groups excluding carboxylic acids is 1. The molecule has 0 aliphatic heterocycles. The second-order valence-electron chi connectivity index (χ2n) is 3.87. The number of hydrogen-bond acceptors (Lipinski definition) is 1. The van der Waals surface area contributed by atoms with Crippen LogP contribution in [-0.2, 0) is 6.42 Å². The van der Waals surface area contributed by atoms with Crippen LogP contribution in [0, 0.1) is 0 Å². The van der Waals surface area contributed by atoms with Crippen LogP contribution in [0.1, 0.15) is 36.7 Å². The van der Waals surface area contributed by atoms with Crippen molar-refractivity contribution in [2.75, 3.05) is 5.32 Å². The fraction of sp³-hybridized carbons (Fsp3) is 0.235. The van der Waals surface area contributed by atoms with Gasteiger partial charge < -0.3 is 5.32 Å². The molecule has 0 aliphatic carbocycles. The van der Waals surface area contributed by atoms with E-state index in [4.69, 9.17) is 0 Å². The average Bonchev–Trinajstić information content (AvgIpc) is 2.50. The molecule has 0 bridgehead atoms. The first-order chi connectivity index (χ1) is 9.29. The molecule has 0 unspecified atom stereocenters. The van der Waals surface area contributed by atoms with Gasteiger partial charge in [-0.1, -0.05) is 51.1 Å². The standard InChI is InChI=1S/C15H15NO.C2H6/c1-2-12-8-10-13(11-9-12)15(17)16-14-6-4-3-5-7-14;1-2/h3-11H,2H2,1H3,(H,16,17);1-2H3. The number of hydrogen-bond donors (Lipinski definition) is 1. The molecule has 2 rings (SSSR count). The molecule has 0 fully saturated rings. The second kappa shape index (κ2) is 8.09. The highest BCUT2D eigenvalue weighted by Gasteiger charge is 2.04. The van der Waals surface area contributed by atoms with Crippen molar-refractivity contribution in [3.05, 3.63) is 65.7 Å². The largest absolute Gasteiger partial charge is 0.322 e. The molecule has 0 radical (unpaired) electrons. The van der Waals surface area contributed by atoms with Gasteiger partial charge in [-0.15, -0.1) is 0 Å². The van der Waals surface area contributed by atoms with Crippen molar-refractivity contribution in [3.63, 3.8) is 0 Å². The second-order valence-corrected chi connectivity index (χ2v) is 3.87. The summed E-state index contributed by atoms with van der Waals surface area (Å²) in [6.07, 6.45) is 0.987. The van der Waals surface area contributed by atoms with Gasteiger partial charge in [0, 0.05) is 11.3 Å². The summed E-state index contributed by atoms with van der Waals surface area (Å²) in [5, 5.41) is 2.86. The molecule has 19 heavy (non-hydrogen) atoms. The first-order valence-corrected chi connectivity index (χ1v) is 6.75. The summed E-state index contributed by atoms with van der Waals surface area (Å²) >= 11 is 0. The van der Waals surface area contributed by atoms with E-state index in [2.05, 4.69) is 12.2 Å². The molecule has 100 valence electrons. The minimum absolute atomic E-state index is 0.0705. The zero-order valence-corrected chi connectivity index (χ0v) is 11.8. The van der Waals surface area contributed by atoms with Crippen LogP contribution in [0.15, 0.2) is 54.6 Å². The van der Waals surface area contributed by atoms with Gasteiger partial charge in [0.2, 0.25) is 0 Å². The van der Waals surface area contributed by atoms with Crippen LogP contribution in [0.25, 0.3) is 0 Å². The maximum atomic E-state index is 11.9. The van der Waals surface area contributed by atoms with Gasteiger partial charge in [-0.05, 0) is 36.2 Å². The molecular formula is C17H21NO. The molecule has 0 spiro atoms. The Morgan fingerprint density at radius 3 is 2.05 bits per heavy atom. The summed E-state index contributed by atoms with van der Waals surface area (Å²) in [7, 11) is 0. The van der Waals surface area contributed by atoms with Gasteiger partial charge in [0.15, 0.2) is 0 Å². The zero-order chi connectivity index (χ0) is 14.1. The summed E-state index contributed by atoms with van der Waals surface area (Å²) in [5.41, 5.74) is 2.74. The minimum Gasteiger partial charge on any atom is -0.322 e.